The summed E-state index contributed by atoms with van der Waals surface area (Å²) in [7, 11) is 3.98. The topological polar surface area (TPSA) is 91.3 Å². The first-order valence-corrected chi connectivity index (χ1v) is 12.5. The second kappa shape index (κ2) is 7.54. The molecule has 1 aromatic rings. The minimum Gasteiger partial charge on any atom is -0.504 e. The lowest BCUT2D eigenvalue weighted by Gasteiger charge is -2.65. The zero-order valence-electron chi connectivity index (χ0n) is 18.4. The van der Waals surface area contributed by atoms with E-state index >= 15 is 0 Å². The highest BCUT2D eigenvalue weighted by atomic mass is 32.2. The van der Waals surface area contributed by atoms with Gasteiger partial charge in [-0.2, -0.15) is 11.8 Å². The molecule has 1 spiro atoms. The molecular formula is C23H32N2O5S. The molecule has 1 saturated heterocycles. The Morgan fingerprint density at radius 3 is 2.97 bits per heavy atom. The molecule has 31 heavy (non-hydrogen) atoms. The van der Waals surface area contributed by atoms with Crippen molar-refractivity contribution in [3.05, 3.63) is 23.3 Å². The number of nitrogens with one attached hydrogen (secondary N) is 1. The zero-order chi connectivity index (χ0) is 22.0. The van der Waals surface area contributed by atoms with Gasteiger partial charge in [0.2, 0.25) is 0 Å². The highest BCUT2D eigenvalue weighted by Crippen LogP contribution is 2.66. The maximum atomic E-state index is 12.0. The monoisotopic (exact) mass is 448 g/mol. The highest BCUT2D eigenvalue weighted by Gasteiger charge is 2.73. The maximum absolute atomic E-state index is 12.0. The van der Waals surface area contributed by atoms with Gasteiger partial charge in [-0.1, -0.05) is 6.07 Å². The molecule has 170 valence electrons. The molecule has 0 amide bonds. The van der Waals surface area contributed by atoms with Gasteiger partial charge in [-0.3, -0.25) is 10.1 Å². The van der Waals surface area contributed by atoms with Crippen molar-refractivity contribution in [1.82, 2.24) is 10.2 Å². The number of aromatic hydroxyl groups is 1. The molecule has 1 saturated carbocycles. The third-order valence-electron chi connectivity index (χ3n) is 8.38. The van der Waals surface area contributed by atoms with Crippen molar-refractivity contribution >= 4 is 17.7 Å². The van der Waals surface area contributed by atoms with Gasteiger partial charge in [0.05, 0.1) is 11.0 Å². The number of likely N-dealkylation sites (tertiary alicyclic amines) is 1. The number of carboxylic acids is 1. The number of phenols is 1. The predicted molar refractivity (Wildman–Crippen MR) is 119 cm³/mol. The van der Waals surface area contributed by atoms with Crippen molar-refractivity contribution in [3.63, 3.8) is 0 Å². The Labute approximate surface area is 187 Å². The van der Waals surface area contributed by atoms with Crippen LogP contribution in [0.5, 0.6) is 11.5 Å². The van der Waals surface area contributed by atoms with Crippen LogP contribution in [0.25, 0.3) is 0 Å². The van der Waals surface area contributed by atoms with Crippen LogP contribution in [0.1, 0.15) is 36.8 Å². The number of thioether (sulfide) groups is 1. The summed E-state index contributed by atoms with van der Waals surface area (Å²) in [6.45, 7) is 0.922. The van der Waals surface area contributed by atoms with Crippen LogP contribution in [-0.4, -0.2) is 83.6 Å². The van der Waals surface area contributed by atoms with E-state index in [1.54, 1.807) is 17.8 Å². The number of nitrogens with zero attached hydrogens (tertiary/aromatic N) is 1. The van der Waals surface area contributed by atoms with E-state index in [0.29, 0.717) is 12.2 Å². The van der Waals surface area contributed by atoms with E-state index in [4.69, 9.17) is 9.47 Å². The number of carboxylic acid groups (broad SMARTS) is 1. The van der Waals surface area contributed by atoms with E-state index in [9.17, 15) is 15.0 Å². The van der Waals surface area contributed by atoms with Crippen molar-refractivity contribution in [3.8, 4) is 11.5 Å². The summed E-state index contributed by atoms with van der Waals surface area (Å²) in [4.78, 5) is 14.4. The standard InChI is InChI=1S/C23H32N2O5S/c1-25-10-9-22-18-13-4-5-16(26)19(18)30-20(22)14(24-15(21(27)28)7-11-31-3)6-8-23(22,29-2)17(25)12-13/h4-5,14-15,17,20,24,26H,6-12H2,1-3H3,(H,27,28)/t14-,15?,17?,20-,22-,23+/m0/s1. The number of phenolic OH excluding ortho intramolecular Hbond substituents is 1. The predicted octanol–water partition coefficient (Wildman–Crippen LogP) is 1.99. The fourth-order valence-corrected chi connectivity index (χ4v) is 7.55. The molecule has 2 aliphatic heterocycles. The van der Waals surface area contributed by atoms with E-state index in [1.807, 2.05) is 19.4 Å². The average molecular weight is 449 g/mol. The molecule has 8 heteroatoms. The molecule has 5 rings (SSSR count). The summed E-state index contributed by atoms with van der Waals surface area (Å²) in [6, 6.07) is 3.26. The Morgan fingerprint density at radius 1 is 1.45 bits per heavy atom. The van der Waals surface area contributed by atoms with Gasteiger partial charge in [0.15, 0.2) is 11.5 Å². The van der Waals surface area contributed by atoms with Gasteiger partial charge >= 0.3 is 5.97 Å². The first-order valence-electron chi connectivity index (χ1n) is 11.1. The molecule has 2 fully saturated rings. The molecule has 2 unspecified atom stereocenters. The lowest BCUT2D eigenvalue weighted by molar-refractivity contribution is -0.204. The van der Waals surface area contributed by atoms with E-state index in [0.717, 1.165) is 43.5 Å². The van der Waals surface area contributed by atoms with Crippen LogP contribution in [0.4, 0.5) is 0 Å². The third-order valence-corrected chi connectivity index (χ3v) is 9.02. The Morgan fingerprint density at radius 2 is 2.26 bits per heavy atom. The molecule has 7 nitrogen and oxygen atoms in total. The molecule has 6 atom stereocenters. The third kappa shape index (κ3) is 2.74. The first-order chi connectivity index (χ1) is 14.9. The normalized spacial score (nSPS) is 36.5. The number of benzene rings is 1. The lowest BCUT2D eigenvalue weighted by atomic mass is 9.48. The Bertz CT molecular complexity index is 897. The molecular weight excluding hydrogens is 416 g/mol. The van der Waals surface area contributed by atoms with Crippen molar-refractivity contribution in [1.29, 1.82) is 0 Å². The summed E-state index contributed by atoms with van der Waals surface area (Å²) in [5.41, 5.74) is 1.52. The number of methoxy groups -OCH3 is 1. The largest absolute Gasteiger partial charge is 0.504 e. The molecule has 4 aliphatic rings. The number of aliphatic carboxylic acids is 1. The van der Waals surface area contributed by atoms with E-state index in [-0.39, 0.29) is 29.4 Å². The van der Waals surface area contributed by atoms with E-state index < -0.39 is 17.6 Å². The number of hydrogen-bond donors (Lipinski definition) is 3. The minimum absolute atomic E-state index is 0.118. The van der Waals surface area contributed by atoms with Crippen LogP contribution in [0.2, 0.25) is 0 Å². The average Bonchev–Trinajstić information content (AvgIpc) is 3.11. The zero-order valence-corrected chi connectivity index (χ0v) is 19.2. The number of likely N-dealkylation sites (N-methyl/N-ethyl adjacent to an activating group) is 1. The Hall–Kier alpha value is -1.48. The fraction of sp³-hybridized carbons (Fsp3) is 0.696. The van der Waals surface area contributed by atoms with Crippen LogP contribution in [0.15, 0.2) is 12.1 Å². The summed E-state index contributed by atoms with van der Waals surface area (Å²) >= 11 is 1.66. The van der Waals surface area contributed by atoms with Gasteiger partial charge in [0.25, 0.3) is 0 Å². The number of hydrogen-bond acceptors (Lipinski definition) is 7. The number of carbonyl (C=O) groups is 1. The van der Waals surface area contributed by atoms with Gasteiger partial charge in [-0.05, 0) is 69.3 Å². The van der Waals surface area contributed by atoms with Gasteiger partial charge < -0.3 is 24.6 Å². The molecule has 2 bridgehead atoms. The van der Waals surface area contributed by atoms with Gasteiger partial charge in [0.1, 0.15) is 12.1 Å². The second-order valence-corrected chi connectivity index (χ2v) is 10.5. The minimum atomic E-state index is -0.820. The summed E-state index contributed by atoms with van der Waals surface area (Å²) in [5, 5.41) is 24.0. The SMILES string of the molecule is CO[C@@]12CC[C@H](NC(CCSC)C(=O)O)[C@@H]3Oc4c(O)ccc5c4[C@@]31CCN(C)C2C5. The van der Waals surface area contributed by atoms with Crippen LogP contribution in [-0.2, 0) is 21.4 Å². The van der Waals surface area contributed by atoms with E-state index in [2.05, 4.69) is 17.3 Å². The van der Waals surface area contributed by atoms with Gasteiger partial charge in [0, 0.05) is 24.8 Å². The number of rotatable bonds is 7. The summed E-state index contributed by atoms with van der Waals surface area (Å²) in [5.74, 6) is 0.712. The van der Waals surface area contributed by atoms with Crippen LogP contribution >= 0.6 is 11.8 Å². The van der Waals surface area contributed by atoms with Crippen molar-refractivity contribution in [2.24, 2.45) is 0 Å². The summed E-state index contributed by atoms with van der Waals surface area (Å²) < 4.78 is 13.0. The lowest BCUT2D eigenvalue weighted by Crippen LogP contribution is -2.78. The second-order valence-electron chi connectivity index (χ2n) is 9.49. The first kappa shape index (κ1) is 21.4. The molecule has 1 aromatic carbocycles. The maximum Gasteiger partial charge on any atom is 0.320 e. The molecule has 2 aliphatic carbocycles. The van der Waals surface area contributed by atoms with Crippen LogP contribution in [0.3, 0.4) is 0 Å². The van der Waals surface area contributed by atoms with Crippen LogP contribution in [0, 0.1) is 0 Å². The molecule has 3 N–H and O–H groups in total. The molecule has 0 aromatic heterocycles. The van der Waals surface area contributed by atoms with Crippen molar-refractivity contribution in [2.45, 2.75) is 67.3 Å². The van der Waals surface area contributed by atoms with Gasteiger partial charge in [-0.15, -0.1) is 0 Å². The smallest absolute Gasteiger partial charge is 0.320 e. The Kier molecular flexibility index (Phi) is 5.20. The number of piperidine rings is 1. The summed E-state index contributed by atoms with van der Waals surface area (Å²) in [6.07, 6.45) is 5.63. The van der Waals surface area contributed by atoms with Crippen LogP contribution < -0.4 is 10.1 Å². The van der Waals surface area contributed by atoms with Crippen molar-refractivity contribution < 1.29 is 24.5 Å². The Balaban J connectivity index is 1.61. The quantitative estimate of drug-likeness (QED) is 0.584. The molecule has 0 radical (unpaired) electrons. The van der Waals surface area contributed by atoms with Crippen molar-refractivity contribution in [2.75, 3.05) is 32.7 Å². The number of ether oxygens (including phenoxy) is 2. The van der Waals surface area contributed by atoms with Gasteiger partial charge in [-0.25, -0.2) is 0 Å². The highest BCUT2D eigenvalue weighted by molar-refractivity contribution is 7.98. The van der Waals surface area contributed by atoms with E-state index in [1.165, 1.54) is 5.56 Å². The molecule has 2 heterocycles. The fourth-order valence-electron chi connectivity index (χ4n) is 7.08.